The molecule has 0 unspecified atom stereocenters. The second-order valence-corrected chi connectivity index (χ2v) is 9.23. The third-order valence-electron chi connectivity index (χ3n) is 5.49. The van der Waals surface area contributed by atoms with E-state index in [4.69, 9.17) is 4.74 Å². The first-order valence-electron chi connectivity index (χ1n) is 11.2. The highest BCUT2D eigenvalue weighted by molar-refractivity contribution is 5.94. The van der Waals surface area contributed by atoms with Crippen molar-refractivity contribution >= 4 is 23.9 Å². The van der Waals surface area contributed by atoms with Gasteiger partial charge in [-0.3, -0.25) is 9.59 Å². The molecule has 1 saturated carbocycles. The maximum Gasteiger partial charge on any atom is 0.434 e. The van der Waals surface area contributed by atoms with Crippen LogP contribution in [0.1, 0.15) is 65.7 Å². The molecule has 3 N–H and O–H groups in total. The Balaban J connectivity index is 2.13. The van der Waals surface area contributed by atoms with Crippen LogP contribution in [0, 0.1) is 10.1 Å². The van der Waals surface area contributed by atoms with Crippen LogP contribution in [0.25, 0.3) is 0 Å². The van der Waals surface area contributed by atoms with Gasteiger partial charge in [0.05, 0.1) is 6.54 Å². The molecule has 1 aromatic heterocycles. The average molecular weight is 467 g/mol. The van der Waals surface area contributed by atoms with Crippen molar-refractivity contribution in [2.75, 3.05) is 7.05 Å². The second-order valence-electron chi connectivity index (χ2n) is 9.23. The first-order chi connectivity index (χ1) is 15.5. The maximum absolute atomic E-state index is 13.2. The van der Waals surface area contributed by atoms with Gasteiger partial charge in [-0.05, 0) is 51.4 Å². The SMILES string of the molecule is CNC(=O)C1(NC(=O)[C@H](CCCn2ccnc2[N+](=O)[O-])NC(=O)OC(C)(C)C)CCCCC1. The minimum atomic E-state index is -1.03. The summed E-state index contributed by atoms with van der Waals surface area (Å²) >= 11 is 0. The van der Waals surface area contributed by atoms with Gasteiger partial charge in [0, 0.05) is 7.05 Å². The topological polar surface area (TPSA) is 157 Å². The lowest BCUT2D eigenvalue weighted by atomic mass is 9.80. The van der Waals surface area contributed by atoms with Crippen LogP contribution in [-0.4, -0.2) is 56.6 Å². The molecule has 0 aromatic carbocycles. The fourth-order valence-electron chi connectivity index (χ4n) is 3.96. The predicted octanol–water partition coefficient (Wildman–Crippen LogP) is 2.03. The number of carbonyl (C=O) groups is 3. The van der Waals surface area contributed by atoms with E-state index in [2.05, 4.69) is 20.9 Å². The molecule has 12 nitrogen and oxygen atoms in total. The van der Waals surface area contributed by atoms with Crippen LogP contribution >= 0.6 is 0 Å². The number of hydrogen-bond acceptors (Lipinski definition) is 7. The minimum absolute atomic E-state index is 0.185. The number of alkyl carbamates (subject to hydrolysis) is 1. The van der Waals surface area contributed by atoms with Crippen LogP contribution in [0.3, 0.4) is 0 Å². The largest absolute Gasteiger partial charge is 0.444 e. The van der Waals surface area contributed by atoms with E-state index in [1.54, 1.807) is 20.8 Å². The van der Waals surface area contributed by atoms with E-state index in [1.807, 2.05) is 0 Å². The van der Waals surface area contributed by atoms with E-state index in [0.29, 0.717) is 19.3 Å². The number of nitro groups is 1. The normalized spacial score (nSPS) is 16.4. The van der Waals surface area contributed by atoms with E-state index in [1.165, 1.54) is 24.0 Å². The lowest BCUT2D eigenvalue weighted by Gasteiger charge is -2.37. The summed E-state index contributed by atoms with van der Waals surface area (Å²) < 4.78 is 6.66. The molecule has 1 atom stereocenters. The predicted molar refractivity (Wildman–Crippen MR) is 119 cm³/mol. The Morgan fingerprint density at radius 2 is 1.94 bits per heavy atom. The maximum atomic E-state index is 13.2. The van der Waals surface area contributed by atoms with Gasteiger partial charge < -0.3 is 30.8 Å². The number of aryl methyl sites for hydroxylation is 1. The van der Waals surface area contributed by atoms with Gasteiger partial charge in [-0.25, -0.2) is 9.36 Å². The zero-order valence-corrected chi connectivity index (χ0v) is 19.7. The third kappa shape index (κ3) is 7.43. The molecule has 33 heavy (non-hydrogen) atoms. The molecule has 1 aromatic rings. The van der Waals surface area contributed by atoms with Crippen molar-refractivity contribution in [2.45, 2.75) is 89.4 Å². The summed E-state index contributed by atoms with van der Waals surface area (Å²) in [5, 5.41) is 19.2. The van der Waals surface area contributed by atoms with E-state index in [9.17, 15) is 24.5 Å². The first-order valence-corrected chi connectivity index (χ1v) is 11.2. The Hall–Kier alpha value is -3.18. The van der Waals surface area contributed by atoms with E-state index in [-0.39, 0.29) is 24.8 Å². The average Bonchev–Trinajstić information content (AvgIpc) is 3.20. The summed E-state index contributed by atoms with van der Waals surface area (Å²) in [6.45, 7) is 5.37. The summed E-state index contributed by atoms with van der Waals surface area (Å²) in [7, 11) is 1.53. The standard InChI is InChI=1S/C21H34N6O6/c1-20(2,3)33-19(30)24-15(9-8-13-26-14-12-23-18(26)27(31)32)16(28)25-21(17(29)22-4)10-6-5-7-11-21/h12,14-15H,5-11,13H2,1-4H3,(H,22,29)(H,24,30)(H,25,28)/t15-/m0/s1. The van der Waals surface area contributed by atoms with Gasteiger partial charge in [0.2, 0.25) is 11.8 Å². The second kappa shape index (κ2) is 11.1. The van der Waals surface area contributed by atoms with Crippen molar-refractivity contribution in [3.63, 3.8) is 0 Å². The third-order valence-corrected chi connectivity index (χ3v) is 5.49. The molecule has 0 saturated heterocycles. The number of likely N-dealkylation sites (N-methyl/N-ethyl adjacent to an activating group) is 1. The number of hydrogen-bond donors (Lipinski definition) is 3. The molecular weight excluding hydrogens is 432 g/mol. The van der Waals surface area contributed by atoms with Gasteiger partial charge >= 0.3 is 12.0 Å². The molecule has 0 radical (unpaired) electrons. The number of ether oxygens (including phenoxy) is 1. The Morgan fingerprint density at radius 3 is 2.52 bits per heavy atom. The fraction of sp³-hybridized carbons (Fsp3) is 0.714. The lowest BCUT2D eigenvalue weighted by molar-refractivity contribution is -0.396. The van der Waals surface area contributed by atoms with Crippen LogP contribution in [0.15, 0.2) is 12.4 Å². The molecular formula is C21H34N6O6. The monoisotopic (exact) mass is 466 g/mol. The number of imidazole rings is 1. The van der Waals surface area contributed by atoms with Crippen molar-refractivity contribution in [3.05, 3.63) is 22.5 Å². The van der Waals surface area contributed by atoms with Crippen LogP contribution < -0.4 is 16.0 Å². The molecule has 0 spiro atoms. The Kier molecular flexibility index (Phi) is 8.77. The molecule has 1 aliphatic rings. The quantitative estimate of drug-likeness (QED) is 0.371. The van der Waals surface area contributed by atoms with Crippen molar-refractivity contribution in [1.82, 2.24) is 25.5 Å². The van der Waals surface area contributed by atoms with Crippen molar-refractivity contribution in [2.24, 2.45) is 0 Å². The Labute approximate surface area is 193 Å². The van der Waals surface area contributed by atoms with Gasteiger partial charge in [0.25, 0.3) is 0 Å². The van der Waals surface area contributed by atoms with E-state index >= 15 is 0 Å². The molecule has 0 bridgehead atoms. The first kappa shape index (κ1) is 26.1. The van der Waals surface area contributed by atoms with Gasteiger partial charge in [-0.1, -0.05) is 24.2 Å². The number of amides is 3. The molecule has 0 aliphatic heterocycles. The highest BCUT2D eigenvalue weighted by atomic mass is 16.6. The Bertz CT molecular complexity index is 856. The minimum Gasteiger partial charge on any atom is -0.444 e. The van der Waals surface area contributed by atoms with Crippen molar-refractivity contribution in [1.29, 1.82) is 0 Å². The molecule has 3 amide bonds. The molecule has 1 fully saturated rings. The zero-order chi connectivity index (χ0) is 24.6. The highest BCUT2D eigenvalue weighted by Gasteiger charge is 2.41. The molecule has 1 heterocycles. The molecule has 184 valence electrons. The Morgan fingerprint density at radius 1 is 1.27 bits per heavy atom. The summed E-state index contributed by atoms with van der Waals surface area (Å²) in [4.78, 5) is 52.4. The molecule has 2 rings (SSSR count). The van der Waals surface area contributed by atoms with Crippen molar-refractivity contribution in [3.8, 4) is 0 Å². The number of rotatable bonds is 9. The van der Waals surface area contributed by atoms with Gasteiger partial charge in [0.1, 0.15) is 29.6 Å². The zero-order valence-electron chi connectivity index (χ0n) is 19.7. The van der Waals surface area contributed by atoms with Crippen molar-refractivity contribution < 1.29 is 24.0 Å². The summed E-state index contributed by atoms with van der Waals surface area (Å²) in [5.74, 6) is -1.05. The van der Waals surface area contributed by atoms with Crippen LogP contribution in [-0.2, 0) is 20.9 Å². The number of aromatic nitrogens is 2. The number of nitrogens with one attached hydrogen (secondary N) is 3. The van der Waals surface area contributed by atoms with E-state index < -0.39 is 34.1 Å². The highest BCUT2D eigenvalue weighted by Crippen LogP contribution is 2.28. The van der Waals surface area contributed by atoms with Crippen LogP contribution in [0.4, 0.5) is 10.7 Å². The van der Waals surface area contributed by atoms with Crippen LogP contribution in [0.2, 0.25) is 0 Å². The number of nitrogens with zero attached hydrogens (tertiary/aromatic N) is 3. The van der Waals surface area contributed by atoms with Gasteiger partial charge in [0.15, 0.2) is 0 Å². The van der Waals surface area contributed by atoms with Gasteiger partial charge in [-0.15, -0.1) is 0 Å². The number of carbonyl (C=O) groups excluding carboxylic acids is 3. The smallest absolute Gasteiger partial charge is 0.434 e. The summed E-state index contributed by atoms with van der Waals surface area (Å²) in [6.07, 6.45) is 6.21. The van der Waals surface area contributed by atoms with Gasteiger partial charge in [-0.2, -0.15) is 0 Å². The molecule has 1 aliphatic carbocycles. The van der Waals surface area contributed by atoms with E-state index in [0.717, 1.165) is 19.3 Å². The molecule has 12 heteroatoms. The fourth-order valence-corrected chi connectivity index (χ4v) is 3.96. The lowest BCUT2D eigenvalue weighted by Crippen LogP contribution is -2.62. The summed E-state index contributed by atoms with van der Waals surface area (Å²) in [5.41, 5.74) is -1.78. The summed E-state index contributed by atoms with van der Waals surface area (Å²) in [6, 6.07) is -0.981. The van der Waals surface area contributed by atoms with Crippen LogP contribution in [0.5, 0.6) is 0 Å².